The minimum atomic E-state index is -0.886. The zero-order valence-electron chi connectivity index (χ0n) is 27.3. The molecular weight excluding hydrogens is 698 g/mol. The van der Waals surface area contributed by atoms with E-state index in [-0.39, 0.29) is 51.0 Å². The topological polar surface area (TPSA) is 116 Å². The quantitative estimate of drug-likeness (QED) is 0.179. The molecule has 2 N–H and O–H groups in total. The number of nitrogen functional groups attached to an aromatic ring is 1. The van der Waals surface area contributed by atoms with E-state index < -0.39 is 11.6 Å². The third-order valence-corrected chi connectivity index (χ3v) is 10.3. The Morgan fingerprint density at radius 1 is 0.959 bits per heavy atom. The molecule has 2 amide bonds. The van der Waals surface area contributed by atoms with Crippen molar-refractivity contribution in [2.24, 2.45) is 0 Å². The van der Waals surface area contributed by atoms with Gasteiger partial charge in [-0.15, -0.1) is 5.10 Å². The number of aromatic nitrogens is 3. The lowest BCUT2D eigenvalue weighted by Gasteiger charge is -2.33. The van der Waals surface area contributed by atoms with Crippen LogP contribution in [0.3, 0.4) is 0 Å². The maximum atomic E-state index is 14.3. The molecule has 0 atom stereocenters. The fraction of sp³-hybridized carbons (Fsp3) is 0.389. The molecule has 0 spiro atoms. The highest BCUT2D eigenvalue weighted by Crippen LogP contribution is 2.42. The summed E-state index contributed by atoms with van der Waals surface area (Å²) < 4.78 is 42.3. The van der Waals surface area contributed by atoms with Crippen LogP contribution in [0.25, 0.3) is 11.3 Å². The molecule has 4 heterocycles. The molecule has 3 aliphatic rings. The van der Waals surface area contributed by atoms with E-state index in [1.165, 1.54) is 0 Å². The van der Waals surface area contributed by atoms with Crippen molar-refractivity contribution in [2.75, 3.05) is 31.9 Å². The fourth-order valence-electron chi connectivity index (χ4n) is 6.92. The molecule has 7 rings (SSSR count). The molecule has 0 unspecified atom stereocenters. The summed E-state index contributed by atoms with van der Waals surface area (Å²) in [4.78, 5) is 30.6. The van der Waals surface area contributed by atoms with Gasteiger partial charge in [-0.25, -0.2) is 13.5 Å². The molecule has 4 aromatic rings. The number of para-hydroxylation sites is 1. The highest BCUT2D eigenvalue weighted by Gasteiger charge is 2.34. The van der Waals surface area contributed by atoms with Crippen LogP contribution in [0, 0.1) is 11.6 Å². The van der Waals surface area contributed by atoms with Crippen molar-refractivity contribution in [1.29, 1.82) is 0 Å². The predicted molar refractivity (Wildman–Crippen MR) is 183 cm³/mol. The van der Waals surface area contributed by atoms with Crippen molar-refractivity contribution in [3.8, 4) is 22.8 Å². The van der Waals surface area contributed by atoms with Crippen LogP contribution in [-0.4, -0.2) is 74.5 Å². The van der Waals surface area contributed by atoms with Gasteiger partial charge in [-0.2, -0.15) is 0 Å². The Labute approximate surface area is 291 Å². The van der Waals surface area contributed by atoms with E-state index in [4.69, 9.17) is 15.2 Å². The summed E-state index contributed by atoms with van der Waals surface area (Å²) in [6.07, 6.45) is 5.06. The molecule has 3 aliphatic heterocycles. The molecule has 1 aromatic heterocycles. The highest BCUT2D eigenvalue weighted by atomic mass is 79.9. The number of piperidine rings is 2. The van der Waals surface area contributed by atoms with E-state index in [2.05, 4.69) is 46.2 Å². The number of nitrogens with two attached hydrogens (primary N) is 1. The minimum Gasteiger partial charge on any atom is -0.486 e. The Kier molecular flexibility index (Phi) is 8.80. The number of hydrogen-bond acceptors (Lipinski definition) is 7. The molecule has 0 bridgehead atoms. The number of benzene rings is 3. The first kappa shape index (κ1) is 33.0. The van der Waals surface area contributed by atoms with Gasteiger partial charge in [0.25, 0.3) is 11.8 Å². The third kappa shape index (κ3) is 6.60. The zero-order valence-corrected chi connectivity index (χ0v) is 28.9. The molecule has 2 saturated heterocycles. The molecule has 49 heavy (non-hydrogen) atoms. The van der Waals surface area contributed by atoms with Crippen molar-refractivity contribution in [3.05, 3.63) is 87.5 Å². The summed E-state index contributed by atoms with van der Waals surface area (Å²) in [7, 11) is 0. The average molecular weight is 736 g/mol. The number of nitrogens with zero attached hydrogens (tertiary/aromatic N) is 5. The van der Waals surface area contributed by atoms with Crippen LogP contribution in [-0.2, 0) is 6.42 Å². The summed E-state index contributed by atoms with van der Waals surface area (Å²) in [5, 5.41) is 8.28. The lowest BCUT2D eigenvalue weighted by Crippen LogP contribution is -2.42. The smallest absolute Gasteiger partial charge is 0.253 e. The number of ether oxygens (including phenoxy) is 2. The van der Waals surface area contributed by atoms with Crippen LogP contribution < -0.4 is 15.2 Å². The van der Waals surface area contributed by atoms with E-state index in [0.717, 1.165) is 29.5 Å². The number of likely N-dealkylation sites (tertiary alicyclic amines) is 2. The van der Waals surface area contributed by atoms with Gasteiger partial charge in [0.15, 0.2) is 17.3 Å². The number of rotatable bonds is 6. The van der Waals surface area contributed by atoms with E-state index in [1.807, 2.05) is 17.0 Å². The summed E-state index contributed by atoms with van der Waals surface area (Å²) in [6, 6.07) is 14.0. The SMILES string of the molecule is CC1(C)Cc2cccc(OC3CCN(C(=O)c4cccc(C(=O)N5CCC(n6cc(-c7cc(F)c(Br)c(F)c7N)nn6)CC5)c4)CC3)c2O1. The Morgan fingerprint density at radius 2 is 1.59 bits per heavy atom. The summed E-state index contributed by atoms with van der Waals surface area (Å²) in [6.45, 7) is 6.20. The second kappa shape index (κ2) is 13.1. The van der Waals surface area contributed by atoms with Crippen molar-refractivity contribution < 1.29 is 27.8 Å². The number of halogens is 3. The molecule has 0 radical (unpaired) electrons. The van der Waals surface area contributed by atoms with E-state index in [9.17, 15) is 18.4 Å². The standard InChI is InChI=1S/C36H37BrF2N6O4/c1-36(2)19-23-7-4-8-29(33(23)49-36)48-25-11-15-44(16-12-25)35(47)22-6-3-5-21(17-22)34(46)43-13-9-24(10-14-43)45-20-28(41-42-45)26-18-27(38)30(37)31(39)32(26)40/h3-8,17-18,20,24-25H,9-16,19,40H2,1-2H3. The Morgan fingerprint density at radius 3 is 2.27 bits per heavy atom. The van der Waals surface area contributed by atoms with Crippen molar-refractivity contribution in [3.63, 3.8) is 0 Å². The highest BCUT2D eigenvalue weighted by molar-refractivity contribution is 9.10. The maximum absolute atomic E-state index is 14.3. The molecule has 2 fully saturated rings. The summed E-state index contributed by atoms with van der Waals surface area (Å²) in [5.74, 6) is -0.340. The van der Waals surface area contributed by atoms with Gasteiger partial charge in [-0.3, -0.25) is 9.59 Å². The van der Waals surface area contributed by atoms with Gasteiger partial charge >= 0.3 is 0 Å². The van der Waals surface area contributed by atoms with Gasteiger partial charge in [0.2, 0.25) is 0 Å². The lowest BCUT2D eigenvalue weighted by atomic mass is 10.0. The van der Waals surface area contributed by atoms with Crippen LogP contribution in [0.15, 0.2) is 59.2 Å². The number of carbonyl (C=O) groups excluding carboxylic acids is 2. The maximum Gasteiger partial charge on any atom is 0.253 e. The summed E-state index contributed by atoms with van der Waals surface area (Å²) >= 11 is 2.86. The first-order chi connectivity index (χ1) is 23.5. The number of carbonyl (C=O) groups is 2. The molecule has 0 saturated carbocycles. The van der Waals surface area contributed by atoms with E-state index in [1.54, 1.807) is 40.0 Å². The monoisotopic (exact) mass is 734 g/mol. The van der Waals surface area contributed by atoms with Gasteiger partial charge in [-0.05, 0) is 73.0 Å². The van der Waals surface area contributed by atoms with Crippen LogP contribution in [0.1, 0.15) is 71.9 Å². The van der Waals surface area contributed by atoms with Crippen LogP contribution in [0.2, 0.25) is 0 Å². The van der Waals surface area contributed by atoms with Crippen molar-refractivity contribution >= 4 is 33.4 Å². The van der Waals surface area contributed by atoms with Crippen LogP contribution in [0.5, 0.6) is 11.5 Å². The molecule has 0 aliphatic carbocycles. The normalized spacial score (nSPS) is 17.9. The average Bonchev–Trinajstić information content (AvgIpc) is 3.73. The molecule has 13 heteroatoms. The van der Waals surface area contributed by atoms with Gasteiger partial charge in [-0.1, -0.05) is 23.4 Å². The number of amides is 2. The van der Waals surface area contributed by atoms with Gasteiger partial charge in [0.05, 0.1) is 22.4 Å². The Hall–Kier alpha value is -4.52. The van der Waals surface area contributed by atoms with Crippen molar-refractivity contribution in [2.45, 2.75) is 63.7 Å². The molecule has 256 valence electrons. The van der Waals surface area contributed by atoms with Crippen LogP contribution in [0.4, 0.5) is 14.5 Å². The second-order valence-electron chi connectivity index (χ2n) is 13.5. The Balaban J connectivity index is 0.934. The van der Waals surface area contributed by atoms with Crippen molar-refractivity contribution in [1.82, 2.24) is 24.8 Å². The lowest BCUT2D eigenvalue weighted by molar-refractivity contribution is 0.0578. The first-order valence-corrected chi connectivity index (χ1v) is 17.3. The van der Waals surface area contributed by atoms with Gasteiger partial charge in [0.1, 0.15) is 23.2 Å². The number of anilines is 1. The number of fused-ring (bicyclic) bond motifs is 1. The Bertz CT molecular complexity index is 1920. The molecule has 10 nitrogen and oxygen atoms in total. The van der Waals surface area contributed by atoms with E-state index in [0.29, 0.717) is 63.0 Å². The number of hydrogen-bond donors (Lipinski definition) is 1. The zero-order chi connectivity index (χ0) is 34.4. The fourth-order valence-corrected chi connectivity index (χ4v) is 7.25. The second-order valence-corrected chi connectivity index (χ2v) is 14.3. The molecule has 3 aromatic carbocycles. The third-order valence-electron chi connectivity index (χ3n) is 9.55. The van der Waals surface area contributed by atoms with E-state index >= 15 is 0 Å². The van der Waals surface area contributed by atoms with Gasteiger partial charge in [0, 0.05) is 67.7 Å². The summed E-state index contributed by atoms with van der Waals surface area (Å²) in [5.41, 5.74) is 7.88. The minimum absolute atomic E-state index is 0.0206. The molecular formula is C36H37BrF2N6O4. The first-order valence-electron chi connectivity index (χ1n) is 16.5. The largest absolute Gasteiger partial charge is 0.486 e. The van der Waals surface area contributed by atoms with Gasteiger partial charge < -0.3 is 25.0 Å². The predicted octanol–water partition coefficient (Wildman–Crippen LogP) is 6.44. The van der Waals surface area contributed by atoms with Crippen LogP contribution >= 0.6 is 15.9 Å².